The van der Waals surface area contributed by atoms with E-state index in [1.807, 2.05) is 13.8 Å². The van der Waals surface area contributed by atoms with Gasteiger partial charge in [-0.25, -0.2) is 4.39 Å². The van der Waals surface area contributed by atoms with E-state index in [2.05, 4.69) is 5.32 Å². The largest absolute Gasteiger partial charge is 0.355 e. The number of rotatable bonds is 1. The SMILES string of the molecule is CC.CNC(=O)c1ccccc1F. The Balaban J connectivity index is 0.000000671. The minimum Gasteiger partial charge on any atom is -0.355 e. The fraction of sp³-hybridized carbons (Fsp3) is 0.300. The van der Waals surface area contributed by atoms with Gasteiger partial charge in [0.15, 0.2) is 0 Å². The Hall–Kier alpha value is -1.38. The van der Waals surface area contributed by atoms with E-state index in [1.54, 1.807) is 12.1 Å². The van der Waals surface area contributed by atoms with Crippen molar-refractivity contribution in [3.63, 3.8) is 0 Å². The van der Waals surface area contributed by atoms with Crippen molar-refractivity contribution < 1.29 is 9.18 Å². The molecule has 0 heterocycles. The monoisotopic (exact) mass is 183 g/mol. The van der Waals surface area contributed by atoms with Crippen LogP contribution in [0.4, 0.5) is 4.39 Å². The summed E-state index contributed by atoms with van der Waals surface area (Å²) in [5.41, 5.74) is 0.0787. The minimum absolute atomic E-state index is 0.0787. The molecule has 0 aromatic heterocycles. The van der Waals surface area contributed by atoms with Gasteiger partial charge in [0.25, 0.3) is 5.91 Å². The number of halogens is 1. The fourth-order valence-corrected chi connectivity index (χ4v) is 0.780. The zero-order chi connectivity index (χ0) is 10.3. The van der Waals surface area contributed by atoms with Crippen LogP contribution >= 0.6 is 0 Å². The standard InChI is InChI=1S/C8H8FNO.C2H6/c1-10-8(11)6-4-2-3-5-7(6)9;1-2/h2-5H,1H3,(H,10,11);1-2H3. The number of carbonyl (C=O) groups excluding carboxylic acids is 1. The highest BCUT2D eigenvalue weighted by Crippen LogP contribution is 2.04. The van der Waals surface area contributed by atoms with Crippen LogP contribution < -0.4 is 5.32 Å². The number of hydrogen-bond acceptors (Lipinski definition) is 1. The van der Waals surface area contributed by atoms with Gasteiger partial charge in [-0.05, 0) is 12.1 Å². The minimum atomic E-state index is -0.494. The Morgan fingerprint density at radius 2 is 1.85 bits per heavy atom. The highest BCUT2D eigenvalue weighted by atomic mass is 19.1. The predicted molar refractivity (Wildman–Crippen MR) is 51.1 cm³/mol. The average Bonchev–Trinajstić information content (AvgIpc) is 2.20. The molecule has 0 aliphatic rings. The summed E-state index contributed by atoms with van der Waals surface area (Å²) in [5.74, 6) is -0.894. The van der Waals surface area contributed by atoms with Crippen LogP contribution in [-0.4, -0.2) is 13.0 Å². The molecule has 72 valence electrons. The number of benzene rings is 1. The third-order valence-corrected chi connectivity index (χ3v) is 1.35. The molecule has 0 fully saturated rings. The summed E-state index contributed by atoms with van der Waals surface area (Å²) in [6.45, 7) is 4.00. The van der Waals surface area contributed by atoms with E-state index in [0.717, 1.165) is 0 Å². The van der Waals surface area contributed by atoms with Gasteiger partial charge in [0.1, 0.15) is 5.82 Å². The maximum absolute atomic E-state index is 12.8. The van der Waals surface area contributed by atoms with E-state index in [-0.39, 0.29) is 5.56 Å². The van der Waals surface area contributed by atoms with Gasteiger partial charge in [-0.1, -0.05) is 26.0 Å². The lowest BCUT2D eigenvalue weighted by Crippen LogP contribution is -2.18. The number of carbonyl (C=O) groups is 1. The summed E-state index contributed by atoms with van der Waals surface area (Å²) in [6.07, 6.45) is 0. The van der Waals surface area contributed by atoms with Crippen molar-refractivity contribution in [1.29, 1.82) is 0 Å². The van der Waals surface area contributed by atoms with Crippen molar-refractivity contribution in [2.75, 3.05) is 7.05 Å². The second kappa shape index (κ2) is 6.17. The predicted octanol–water partition coefficient (Wildman–Crippen LogP) is 2.21. The smallest absolute Gasteiger partial charge is 0.253 e. The molecule has 0 aliphatic carbocycles. The second-order valence-electron chi connectivity index (χ2n) is 2.06. The molecule has 0 spiro atoms. The van der Waals surface area contributed by atoms with Gasteiger partial charge in [-0.15, -0.1) is 0 Å². The van der Waals surface area contributed by atoms with Gasteiger partial charge in [0.2, 0.25) is 0 Å². The first-order valence-corrected chi connectivity index (χ1v) is 4.22. The van der Waals surface area contributed by atoms with Gasteiger partial charge in [0, 0.05) is 7.05 Å². The molecule has 1 N–H and O–H groups in total. The van der Waals surface area contributed by atoms with Crippen molar-refractivity contribution in [3.8, 4) is 0 Å². The number of nitrogens with one attached hydrogen (secondary N) is 1. The first kappa shape index (κ1) is 11.6. The summed E-state index contributed by atoms with van der Waals surface area (Å²) in [7, 11) is 1.47. The number of amides is 1. The Morgan fingerprint density at radius 1 is 1.31 bits per heavy atom. The quantitative estimate of drug-likeness (QED) is 0.710. The molecular formula is C10H14FNO. The van der Waals surface area contributed by atoms with Crippen LogP contribution in [0.15, 0.2) is 24.3 Å². The van der Waals surface area contributed by atoms with Gasteiger partial charge in [-0.2, -0.15) is 0 Å². The topological polar surface area (TPSA) is 29.1 Å². The van der Waals surface area contributed by atoms with Crippen molar-refractivity contribution in [1.82, 2.24) is 5.32 Å². The highest BCUT2D eigenvalue weighted by molar-refractivity contribution is 5.94. The van der Waals surface area contributed by atoms with E-state index in [4.69, 9.17) is 0 Å². The summed E-state index contributed by atoms with van der Waals surface area (Å²) in [5, 5.41) is 2.34. The van der Waals surface area contributed by atoms with Crippen LogP contribution in [-0.2, 0) is 0 Å². The molecule has 0 saturated carbocycles. The third kappa shape index (κ3) is 3.23. The van der Waals surface area contributed by atoms with Crippen LogP contribution in [0.3, 0.4) is 0 Å². The molecule has 1 amide bonds. The van der Waals surface area contributed by atoms with Crippen LogP contribution in [0.5, 0.6) is 0 Å². The Morgan fingerprint density at radius 3 is 2.31 bits per heavy atom. The van der Waals surface area contributed by atoms with Gasteiger partial charge in [-0.3, -0.25) is 4.79 Å². The summed E-state index contributed by atoms with van der Waals surface area (Å²) in [4.78, 5) is 10.9. The zero-order valence-electron chi connectivity index (χ0n) is 8.10. The molecular weight excluding hydrogens is 169 g/mol. The molecule has 0 unspecified atom stereocenters. The van der Waals surface area contributed by atoms with Crippen LogP contribution in [0.2, 0.25) is 0 Å². The molecule has 3 heteroatoms. The maximum atomic E-state index is 12.8. The third-order valence-electron chi connectivity index (χ3n) is 1.35. The van der Waals surface area contributed by atoms with E-state index in [9.17, 15) is 9.18 Å². The first-order chi connectivity index (χ1) is 6.25. The second-order valence-corrected chi connectivity index (χ2v) is 2.06. The highest BCUT2D eigenvalue weighted by Gasteiger charge is 2.06. The molecule has 0 atom stereocenters. The van der Waals surface area contributed by atoms with Gasteiger partial charge in [0.05, 0.1) is 5.56 Å². The lowest BCUT2D eigenvalue weighted by atomic mass is 10.2. The first-order valence-electron chi connectivity index (χ1n) is 4.22. The van der Waals surface area contributed by atoms with E-state index in [0.29, 0.717) is 0 Å². The summed E-state index contributed by atoms with van der Waals surface area (Å²) < 4.78 is 12.8. The molecule has 0 bridgehead atoms. The lowest BCUT2D eigenvalue weighted by molar-refractivity contribution is 0.0959. The molecule has 13 heavy (non-hydrogen) atoms. The van der Waals surface area contributed by atoms with Crippen LogP contribution in [0.25, 0.3) is 0 Å². The molecule has 0 saturated heterocycles. The zero-order valence-corrected chi connectivity index (χ0v) is 8.10. The van der Waals surface area contributed by atoms with Gasteiger partial charge >= 0.3 is 0 Å². The Bertz CT molecular complexity index is 273. The molecule has 1 aromatic rings. The molecule has 1 rings (SSSR count). The summed E-state index contributed by atoms with van der Waals surface area (Å²) >= 11 is 0. The van der Waals surface area contributed by atoms with Crippen molar-refractivity contribution >= 4 is 5.91 Å². The maximum Gasteiger partial charge on any atom is 0.253 e. The number of hydrogen-bond donors (Lipinski definition) is 1. The Kier molecular flexibility index (Phi) is 5.52. The van der Waals surface area contributed by atoms with Gasteiger partial charge < -0.3 is 5.32 Å². The van der Waals surface area contributed by atoms with Crippen LogP contribution in [0.1, 0.15) is 24.2 Å². The van der Waals surface area contributed by atoms with E-state index in [1.165, 1.54) is 19.2 Å². The summed E-state index contributed by atoms with van der Waals surface area (Å²) in [6, 6.07) is 5.86. The van der Waals surface area contributed by atoms with Crippen molar-refractivity contribution in [2.24, 2.45) is 0 Å². The van der Waals surface area contributed by atoms with Crippen molar-refractivity contribution in [2.45, 2.75) is 13.8 Å². The van der Waals surface area contributed by atoms with Crippen molar-refractivity contribution in [3.05, 3.63) is 35.6 Å². The molecule has 1 aromatic carbocycles. The lowest BCUT2D eigenvalue weighted by Gasteiger charge is -1.98. The average molecular weight is 183 g/mol. The van der Waals surface area contributed by atoms with Crippen LogP contribution in [0, 0.1) is 5.82 Å². The Labute approximate surface area is 77.8 Å². The molecule has 0 aliphatic heterocycles. The van der Waals surface area contributed by atoms with E-state index >= 15 is 0 Å². The fourth-order valence-electron chi connectivity index (χ4n) is 0.780. The molecule has 2 nitrogen and oxygen atoms in total. The molecule has 0 radical (unpaired) electrons. The van der Waals surface area contributed by atoms with E-state index < -0.39 is 11.7 Å². The normalized spacial score (nSPS) is 8.31.